The van der Waals surface area contributed by atoms with Crippen molar-refractivity contribution in [1.29, 1.82) is 0 Å². The molecule has 0 aromatic heterocycles. The topological polar surface area (TPSA) is 66.8 Å². The summed E-state index contributed by atoms with van der Waals surface area (Å²) in [7, 11) is -4.14. The second-order valence-corrected chi connectivity index (χ2v) is 2.79. The number of phosphoric acid groups is 1. The van der Waals surface area contributed by atoms with Crippen LogP contribution in [0.5, 0.6) is 0 Å². The first kappa shape index (κ1) is 11.3. The van der Waals surface area contributed by atoms with E-state index in [4.69, 9.17) is 9.79 Å². The van der Waals surface area contributed by atoms with E-state index < -0.39 is 7.82 Å². The zero-order valence-corrected chi connectivity index (χ0v) is 8.81. The fraction of sp³-hybridized carbons (Fsp3) is 0. The molecule has 7 heteroatoms. The van der Waals surface area contributed by atoms with Gasteiger partial charge in [-0.05, 0) is 0 Å². The molecule has 0 unspecified atom stereocenters. The second-order valence-electron chi connectivity index (χ2n) is 0.565. The minimum atomic E-state index is -4.14. The minimum Gasteiger partial charge on any atom is 0 e. The average molecular weight is 377 g/mol. The molecule has 0 saturated carbocycles. The first-order valence-corrected chi connectivity index (χ1v) is 3.28. The van der Waals surface area contributed by atoms with Crippen molar-refractivity contribution in [2.75, 3.05) is 0 Å². The van der Waals surface area contributed by atoms with Crippen molar-refractivity contribution < 1.29 is 58.8 Å². The van der Waals surface area contributed by atoms with Crippen LogP contribution in [0.4, 0.5) is 0 Å². The smallest absolute Gasteiger partial charge is 0 e. The molecule has 0 aliphatic carbocycles. The molecule has 0 bridgehead atoms. The molecule has 0 spiro atoms. The predicted molar refractivity (Wildman–Crippen MR) is 13.1 cm³/mol. The van der Waals surface area contributed by atoms with Crippen LogP contribution in [0.25, 0.3) is 0 Å². The third-order valence-electron chi connectivity index (χ3n) is 0.0971. The molecule has 0 aliphatic rings. The van der Waals surface area contributed by atoms with Crippen molar-refractivity contribution in [2.24, 2.45) is 0 Å². The van der Waals surface area contributed by atoms with Gasteiger partial charge in [-0.15, -0.1) is 0 Å². The van der Waals surface area contributed by atoms with E-state index in [0.29, 0.717) is 0 Å². The van der Waals surface area contributed by atoms with Crippen LogP contribution in [0.1, 0.15) is 0 Å². The fourth-order valence-electron chi connectivity index (χ4n) is 0. The summed E-state index contributed by atoms with van der Waals surface area (Å²) in [5.74, 6) is 0. The van der Waals surface area contributed by atoms with Crippen molar-refractivity contribution in [1.82, 2.24) is 0 Å². The zero-order valence-electron chi connectivity index (χ0n) is 2.97. The molecule has 2 N–H and O–H groups in total. The van der Waals surface area contributed by atoms with Crippen molar-refractivity contribution >= 4 is 7.82 Å². The van der Waals surface area contributed by atoms with Crippen LogP contribution < -0.4 is 0 Å². The Labute approximate surface area is 66.5 Å². The number of hydrogen-bond acceptors (Lipinski definition) is 2. The Morgan fingerprint density at radius 3 is 1.71 bits per heavy atom. The summed E-state index contributed by atoms with van der Waals surface area (Å²) in [6, 6.07) is 0. The van der Waals surface area contributed by atoms with Crippen molar-refractivity contribution in [3.63, 3.8) is 0 Å². The van der Waals surface area contributed by atoms with Gasteiger partial charge >= 0.3 is 45.5 Å². The summed E-state index contributed by atoms with van der Waals surface area (Å²) in [5.41, 5.74) is 0. The summed E-state index contributed by atoms with van der Waals surface area (Å²) in [6.45, 7) is 0. The van der Waals surface area contributed by atoms with Crippen LogP contribution in [-0.4, -0.2) is 9.79 Å². The Morgan fingerprint density at radius 2 is 1.71 bits per heavy atom. The SMILES string of the molecule is O=P(O)(O)[O][Mo].[W]. The molecule has 0 aliphatic heterocycles. The molecular formula is H2MoO4PW. The van der Waals surface area contributed by atoms with E-state index in [9.17, 15) is 4.57 Å². The van der Waals surface area contributed by atoms with Crippen molar-refractivity contribution in [3.8, 4) is 0 Å². The van der Waals surface area contributed by atoms with Gasteiger partial charge in [0.05, 0.1) is 0 Å². The van der Waals surface area contributed by atoms with Gasteiger partial charge in [-0.3, -0.25) is 0 Å². The molecule has 0 atom stereocenters. The monoisotopic (exact) mass is 379 g/mol. The van der Waals surface area contributed by atoms with E-state index in [-0.39, 0.29) is 21.1 Å². The van der Waals surface area contributed by atoms with Gasteiger partial charge in [0.15, 0.2) is 0 Å². The summed E-state index contributed by atoms with van der Waals surface area (Å²) in [5, 5.41) is 0. The maximum absolute atomic E-state index is 9.47. The summed E-state index contributed by atoms with van der Waals surface area (Å²) < 4.78 is 13.1. The molecule has 0 fully saturated rings. The van der Waals surface area contributed by atoms with Crippen LogP contribution in [0.15, 0.2) is 0 Å². The van der Waals surface area contributed by atoms with E-state index in [0.717, 1.165) is 20.2 Å². The zero-order chi connectivity index (χ0) is 5.21. The summed E-state index contributed by atoms with van der Waals surface area (Å²) in [4.78, 5) is 15.4. The Kier molecular flexibility index (Phi) is 7.06. The van der Waals surface area contributed by atoms with Gasteiger partial charge in [-0.2, -0.15) is 0 Å². The van der Waals surface area contributed by atoms with E-state index in [1.54, 1.807) is 0 Å². The average Bonchev–Trinajstić information content (AvgIpc) is 1.35. The quantitative estimate of drug-likeness (QED) is 0.481. The summed E-state index contributed by atoms with van der Waals surface area (Å²) in [6.07, 6.45) is 0. The van der Waals surface area contributed by atoms with E-state index in [1.165, 1.54) is 0 Å². The van der Waals surface area contributed by atoms with E-state index in [1.807, 2.05) is 0 Å². The minimum absolute atomic E-state index is 0. The van der Waals surface area contributed by atoms with Crippen LogP contribution in [0.2, 0.25) is 0 Å². The van der Waals surface area contributed by atoms with Crippen LogP contribution >= 0.6 is 7.82 Å². The fourth-order valence-corrected chi connectivity index (χ4v) is 0. The third-order valence-corrected chi connectivity index (χ3v) is 1.72. The second kappa shape index (κ2) is 4.37. The number of rotatable bonds is 1. The largest absolute Gasteiger partial charge is 0 e. The predicted octanol–water partition coefficient (Wildman–Crippen LogP) is -0.445. The van der Waals surface area contributed by atoms with Gasteiger partial charge in [0, 0.05) is 21.1 Å². The molecule has 0 aromatic rings. The van der Waals surface area contributed by atoms with E-state index in [2.05, 4.69) is 3.18 Å². The standard InChI is InChI=1S/Mo.H3O4P.W/c;1-5(2,3)4;/h;(H3,1,2,3,4);/q+1;;/p-1. The molecule has 0 amide bonds. The van der Waals surface area contributed by atoms with Crippen LogP contribution in [0, 0.1) is 0 Å². The van der Waals surface area contributed by atoms with Gasteiger partial charge in [0.2, 0.25) is 0 Å². The Hall–Kier alpha value is 1.49. The molecule has 0 saturated heterocycles. The maximum atomic E-state index is 9.47. The van der Waals surface area contributed by atoms with Crippen LogP contribution in [0.3, 0.4) is 0 Å². The first-order chi connectivity index (χ1) is 2.56. The van der Waals surface area contributed by atoms with Crippen molar-refractivity contribution in [3.05, 3.63) is 0 Å². The van der Waals surface area contributed by atoms with Gasteiger partial charge < -0.3 is 0 Å². The van der Waals surface area contributed by atoms with Gasteiger partial charge in [0.1, 0.15) is 0 Å². The molecule has 0 rings (SSSR count). The van der Waals surface area contributed by atoms with Gasteiger partial charge in [0.25, 0.3) is 0 Å². The normalized spacial score (nSPS) is 10.0. The Bertz CT molecular complexity index is 75.8. The number of hydrogen-bond donors (Lipinski definition) is 2. The first-order valence-electron chi connectivity index (χ1n) is 0.932. The van der Waals surface area contributed by atoms with Crippen molar-refractivity contribution in [2.45, 2.75) is 0 Å². The third kappa shape index (κ3) is 11.2. The maximum Gasteiger partial charge on any atom is 0 e. The molecular weight excluding hydrogens is 375 g/mol. The van der Waals surface area contributed by atoms with Gasteiger partial charge in [-0.25, -0.2) is 0 Å². The molecule has 4 nitrogen and oxygen atoms in total. The van der Waals surface area contributed by atoms with E-state index >= 15 is 0 Å². The molecule has 0 heterocycles. The Morgan fingerprint density at radius 1 is 1.57 bits per heavy atom. The Balaban J connectivity index is 0. The molecule has 0 radical (unpaired) electrons. The molecule has 7 heavy (non-hydrogen) atoms. The summed E-state index contributed by atoms with van der Waals surface area (Å²) >= 11 is 0.883. The molecule has 43 valence electrons. The molecule has 0 aromatic carbocycles. The van der Waals surface area contributed by atoms with Crippen LogP contribution in [-0.2, 0) is 49.0 Å². The van der Waals surface area contributed by atoms with Gasteiger partial charge in [-0.1, -0.05) is 0 Å².